The van der Waals surface area contributed by atoms with Crippen LogP contribution in [0.25, 0.3) is 0 Å². The zero-order chi connectivity index (χ0) is 14.8. The van der Waals surface area contributed by atoms with Gasteiger partial charge in [-0.1, -0.05) is 45.0 Å². The normalized spacial score (nSPS) is 19.3. The zero-order valence-electron chi connectivity index (χ0n) is 12.5. The lowest BCUT2D eigenvalue weighted by atomic mass is 9.86. The van der Waals surface area contributed by atoms with Crippen molar-refractivity contribution in [3.05, 3.63) is 35.4 Å². The SMILES string of the molecule is CC(C)(C)c1ccc([C@@H](C(F)F)N2CCNCC2)cc1. The summed E-state index contributed by atoms with van der Waals surface area (Å²) in [6.45, 7) is 9.30. The third kappa shape index (κ3) is 3.55. The van der Waals surface area contributed by atoms with Crippen LogP contribution in [0.5, 0.6) is 0 Å². The molecule has 1 atom stereocenters. The summed E-state index contributed by atoms with van der Waals surface area (Å²) in [5.74, 6) is 0. The Labute approximate surface area is 120 Å². The first-order valence-corrected chi connectivity index (χ1v) is 7.23. The fourth-order valence-electron chi connectivity index (χ4n) is 2.66. The number of hydrogen-bond donors (Lipinski definition) is 1. The smallest absolute Gasteiger partial charge is 0.258 e. The second-order valence-corrected chi connectivity index (χ2v) is 6.44. The largest absolute Gasteiger partial charge is 0.314 e. The molecule has 1 saturated heterocycles. The Morgan fingerprint density at radius 2 is 1.60 bits per heavy atom. The van der Waals surface area contributed by atoms with E-state index < -0.39 is 12.5 Å². The van der Waals surface area contributed by atoms with Crippen molar-refractivity contribution >= 4 is 0 Å². The molecule has 0 unspecified atom stereocenters. The van der Waals surface area contributed by atoms with Crippen LogP contribution in [0.2, 0.25) is 0 Å². The molecule has 0 amide bonds. The summed E-state index contributed by atoms with van der Waals surface area (Å²) in [5.41, 5.74) is 1.94. The monoisotopic (exact) mass is 282 g/mol. The predicted octanol–water partition coefficient (Wildman–Crippen LogP) is 3.20. The molecule has 0 bridgehead atoms. The summed E-state index contributed by atoms with van der Waals surface area (Å²) >= 11 is 0. The molecule has 1 aliphatic heterocycles. The molecule has 4 heteroatoms. The molecule has 20 heavy (non-hydrogen) atoms. The van der Waals surface area contributed by atoms with Gasteiger partial charge in [0.25, 0.3) is 6.43 Å². The predicted molar refractivity (Wildman–Crippen MR) is 78.3 cm³/mol. The molecular formula is C16H24F2N2. The molecule has 0 saturated carbocycles. The number of hydrogen-bond acceptors (Lipinski definition) is 2. The van der Waals surface area contributed by atoms with Crippen LogP contribution in [0, 0.1) is 0 Å². The average molecular weight is 282 g/mol. The number of nitrogens with zero attached hydrogens (tertiary/aromatic N) is 1. The van der Waals surface area contributed by atoms with Crippen molar-refractivity contribution in [3.63, 3.8) is 0 Å². The lowest BCUT2D eigenvalue weighted by molar-refractivity contribution is 0.0182. The van der Waals surface area contributed by atoms with E-state index in [1.807, 2.05) is 29.2 Å². The number of alkyl halides is 2. The van der Waals surface area contributed by atoms with Crippen molar-refractivity contribution in [2.24, 2.45) is 0 Å². The van der Waals surface area contributed by atoms with Crippen molar-refractivity contribution in [1.82, 2.24) is 10.2 Å². The highest BCUT2D eigenvalue weighted by atomic mass is 19.3. The van der Waals surface area contributed by atoms with E-state index in [4.69, 9.17) is 0 Å². The number of piperazine rings is 1. The summed E-state index contributed by atoms with van der Waals surface area (Å²) in [7, 11) is 0. The number of benzene rings is 1. The summed E-state index contributed by atoms with van der Waals surface area (Å²) < 4.78 is 26.9. The molecule has 1 aliphatic rings. The van der Waals surface area contributed by atoms with Crippen LogP contribution in [-0.4, -0.2) is 37.5 Å². The van der Waals surface area contributed by atoms with Gasteiger partial charge in [-0.2, -0.15) is 0 Å². The first-order valence-electron chi connectivity index (χ1n) is 7.23. The van der Waals surface area contributed by atoms with Crippen molar-refractivity contribution in [2.75, 3.05) is 26.2 Å². The van der Waals surface area contributed by atoms with Crippen molar-refractivity contribution in [3.8, 4) is 0 Å². The Bertz CT molecular complexity index is 417. The van der Waals surface area contributed by atoms with Crippen molar-refractivity contribution in [2.45, 2.75) is 38.7 Å². The van der Waals surface area contributed by atoms with Gasteiger partial charge in [-0.3, -0.25) is 4.90 Å². The molecule has 2 nitrogen and oxygen atoms in total. The van der Waals surface area contributed by atoms with Gasteiger partial charge in [-0.05, 0) is 16.5 Å². The fraction of sp³-hybridized carbons (Fsp3) is 0.625. The molecule has 1 aromatic rings. The summed E-state index contributed by atoms with van der Waals surface area (Å²) in [5, 5.41) is 3.20. The summed E-state index contributed by atoms with van der Waals surface area (Å²) in [6.07, 6.45) is -2.35. The lowest BCUT2D eigenvalue weighted by Gasteiger charge is -2.35. The van der Waals surface area contributed by atoms with E-state index in [0.29, 0.717) is 13.1 Å². The fourth-order valence-corrected chi connectivity index (χ4v) is 2.66. The molecule has 0 radical (unpaired) electrons. The Morgan fingerprint density at radius 1 is 1.05 bits per heavy atom. The first-order chi connectivity index (χ1) is 9.39. The minimum atomic E-state index is -2.35. The van der Waals surface area contributed by atoms with Crippen LogP contribution in [-0.2, 0) is 5.41 Å². The van der Waals surface area contributed by atoms with E-state index in [-0.39, 0.29) is 5.41 Å². The molecule has 0 aromatic heterocycles. The number of nitrogens with one attached hydrogen (secondary N) is 1. The molecule has 1 aromatic carbocycles. The van der Waals surface area contributed by atoms with E-state index in [1.165, 1.54) is 5.56 Å². The zero-order valence-corrected chi connectivity index (χ0v) is 12.5. The maximum Gasteiger partial charge on any atom is 0.258 e. The van der Waals surface area contributed by atoms with Gasteiger partial charge in [0, 0.05) is 26.2 Å². The molecule has 2 rings (SSSR count). The Kier molecular flexibility index (Phi) is 4.76. The van der Waals surface area contributed by atoms with Gasteiger partial charge >= 0.3 is 0 Å². The Hall–Kier alpha value is -1.00. The molecule has 1 heterocycles. The summed E-state index contributed by atoms with van der Waals surface area (Å²) in [6, 6.07) is 6.89. The van der Waals surface area contributed by atoms with Crippen LogP contribution in [0.3, 0.4) is 0 Å². The Morgan fingerprint density at radius 3 is 2.05 bits per heavy atom. The maximum atomic E-state index is 13.4. The first kappa shape index (κ1) is 15.4. The molecule has 0 aliphatic carbocycles. The molecule has 0 spiro atoms. The van der Waals surface area contributed by atoms with Gasteiger partial charge in [-0.25, -0.2) is 8.78 Å². The minimum absolute atomic E-state index is 0.0495. The Balaban J connectivity index is 2.21. The van der Waals surface area contributed by atoms with E-state index >= 15 is 0 Å². The number of halogens is 2. The highest BCUT2D eigenvalue weighted by molar-refractivity contribution is 5.29. The third-order valence-corrected chi connectivity index (χ3v) is 3.90. The van der Waals surface area contributed by atoms with Gasteiger partial charge in [0.05, 0.1) is 6.04 Å². The second kappa shape index (κ2) is 6.19. The standard InChI is InChI=1S/C16H24F2N2/c1-16(2,3)13-6-4-12(5-7-13)14(15(17)18)20-10-8-19-9-11-20/h4-7,14-15,19H,8-11H2,1-3H3/t14-/m0/s1. The molecule has 1 fully saturated rings. The van der Waals surface area contributed by atoms with Crippen molar-refractivity contribution in [1.29, 1.82) is 0 Å². The van der Waals surface area contributed by atoms with Crippen LogP contribution in [0.4, 0.5) is 8.78 Å². The van der Waals surface area contributed by atoms with Crippen LogP contribution in [0.1, 0.15) is 37.9 Å². The number of rotatable bonds is 3. The van der Waals surface area contributed by atoms with Gasteiger partial charge in [-0.15, -0.1) is 0 Å². The van der Waals surface area contributed by atoms with Crippen LogP contribution < -0.4 is 5.32 Å². The lowest BCUT2D eigenvalue weighted by Crippen LogP contribution is -2.46. The summed E-state index contributed by atoms with van der Waals surface area (Å²) in [4.78, 5) is 1.88. The van der Waals surface area contributed by atoms with Gasteiger partial charge in [0.2, 0.25) is 0 Å². The van der Waals surface area contributed by atoms with Crippen molar-refractivity contribution < 1.29 is 8.78 Å². The highest BCUT2D eigenvalue weighted by Gasteiger charge is 2.30. The van der Waals surface area contributed by atoms with E-state index in [9.17, 15) is 8.78 Å². The molecular weight excluding hydrogens is 258 g/mol. The topological polar surface area (TPSA) is 15.3 Å². The molecule has 1 N–H and O–H groups in total. The quantitative estimate of drug-likeness (QED) is 0.916. The average Bonchev–Trinajstić information content (AvgIpc) is 2.39. The van der Waals surface area contributed by atoms with E-state index in [2.05, 4.69) is 26.1 Å². The maximum absolute atomic E-state index is 13.4. The van der Waals surface area contributed by atoms with Gasteiger partial charge in [0.15, 0.2) is 0 Å². The van der Waals surface area contributed by atoms with E-state index in [0.717, 1.165) is 18.7 Å². The van der Waals surface area contributed by atoms with Crippen LogP contribution >= 0.6 is 0 Å². The minimum Gasteiger partial charge on any atom is -0.314 e. The highest BCUT2D eigenvalue weighted by Crippen LogP contribution is 2.30. The molecule has 112 valence electrons. The second-order valence-electron chi connectivity index (χ2n) is 6.44. The van der Waals surface area contributed by atoms with E-state index in [1.54, 1.807) is 0 Å². The van der Waals surface area contributed by atoms with Gasteiger partial charge < -0.3 is 5.32 Å². The van der Waals surface area contributed by atoms with Gasteiger partial charge in [0.1, 0.15) is 0 Å². The third-order valence-electron chi connectivity index (χ3n) is 3.90. The van der Waals surface area contributed by atoms with Crippen LogP contribution in [0.15, 0.2) is 24.3 Å².